The fraction of sp³-hybridized carbons (Fsp3) is 0.286. The molecule has 3 aromatic rings. The van der Waals surface area contributed by atoms with Gasteiger partial charge in [0.1, 0.15) is 11.5 Å². The van der Waals surface area contributed by atoms with E-state index in [0.29, 0.717) is 43.2 Å². The van der Waals surface area contributed by atoms with Crippen molar-refractivity contribution in [1.29, 1.82) is 0 Å². The van der Waals surface area contributed by atoms with Gasteiger partial charge in [-0.25, -0.2) is 4.68 Å². The fourth-order valence-corrected chi connectivity index (χ4v) is 3.38. The van der Waals surface area contributed by atoms with Gasteiger partial charge in [-0.2, -0.15) is 5.10 Å². The molecule has 1 aliphatic heterocycles. The molecule has 3 heterocycles. The summed E-state index contributed by atoms with van der Waals surface area (Å²) < 4.78 is 7.45. The van der Waals surface area contributed by atoms with Crippen LogP contribution in [0.1, 0.15) is 23.0 Å². The highest BCUT2D eigenvalue weighted by atomic mass is 16.3. The van der Waals surface area contributed by atoms with E-state index in [-0.39, 0.29) is 11.8 Å². The number of amides is 2. The van der Waals surface area contributed by atoms with Gasteiger partial charge < -0.3 is 14.2 Å². The van der Waals surface area contributed by atoms with Crippen molar-refractivity contribution in [2.75, 3.05) is 26.2 Å². The minimum atomic E-state index is -0.102. The van der Waals surface area contributed by atoms with Gasteiger partial charge in [0.05, 0.1) is 11.3 Å². The smallest absolute Gasteiger partial charge is 0.257 e. The molecule has 4 rings (SSSR count). The first-order valence-corrected chi connectivity index (χ1v) is 9.29. The number of aryl methyl sites for hydroxylation is 1. The molecule has 0 bridgehead atoms. The van der Waals surface area contributed by atoms with Crippen LogP contribution in [-0.2, 0) is 4.79 Å². The average molecular weight is 378 g/mol. The van der Waals surface area contributed by atoms with E-state index in [1.54, 1.807) is 27.6 Å². The van der Waals surface area contributed by atoms with Crippen molar-refractivity contribution in [3.8, 4) is 17.1 Å². The van der Waals surface area contributed by atoms with Crippen molar-refractivity contribution in [3.05, 3.63) is 60.0 Å². The number of hydrogen-bond donors (Lipinski definition) is 0. The van der Waals surface area contributed by atoms with Crippen molar-refractivity contribution >= 4 is 11.8 Å². The largest absolute Gasteiger partial charge is 0.460 e. The van der Waals surface area contributed by atoms with Gasteiger partial charge in [-0.3, -0.25) is 9.59 Å². The Labute approximate surface area is 163 Å². The zero-order valence-electron chi connectivity index (χ0n) is 16.0. The Morgan fingerprint density at radius 1 is 0.964 bits per heavy atom. The highest BCUT2D eigenvalue weighted by molar-refractivity contribution is 5.99. The number of nitrogens with zero attached hydrogens (tertiary/aromatic N) is 4. The number of furan rings is 1. The van der Waals surface area contributed by atoms with Gasteiger partial charge in [0.2, 0.25) is 5.91 Å². The average Bonchev–Trinajstić information content (AvgIpc) is 3.34. The summed E-state index contributed by atoms with van der Waals surface area (Å²) in [6, 6.07) is 13.3. The van der Waals surface area contributed by atoms with Crippen molar-refractivity contribution in [2.24, 2.45) is 0 Å². The number of carbonyl (C=O) groups excluding carboxylic acids is 2. The Bertz CT molecular complexity index is 998. The molecule has 144 valence electrons. The predicted molar refractivity (Wildman–Crippen MR) is 104 cm³/mol. The fourth-order valence-electron chi connectivity index (χ4n) is 3.38. The number of para-hydroxylation sites is 1. The van der Waals surface area contributed by atoms with E-state index in [1.807, 2.05) is 49.4 Å². The van der Waals surface area contributed by atoms with E-state index in [2.05, 4.69) is 5.10 Å². The minimum absolute atomic E-state index is 0.0377. The van der Waals surface area contributed by atoms with Gasteiger partial charge in [-0.1, -0.05) is 18.2 Å². The molecule has 0 aliphatic carbocycles. The quantitative estimate of drug-likeness (QED) is 0.703. The van der Waals surface area contributed by atoms with Gasteiger partial charge in [0.15, 0.2) is 5.76 Å². The number of piperazine rings is 1. The first-order chi connectivity index (χ1) is 13.5. The van der Waals surface area contributed by atoms with Crippen molar-refractivity contribution in [1.82, 2.24) is 19.6 Å². The van der Waals surface area contributed by atoms with Crippen LogP contribution in [0.2, 0.25) is 0 Å². The molecule has 0 radical (unpaired) electrons. The Hall–Kier alpha value is -3.35. The molecular formula is C21H22N4O3. The second kappa shape index (κ2) is 7.34. The predicted octanol–water partition coefficient (Wildman–Crippen LogP) is 2.75. The number of aromatic nitrogens is 2. The van der Waals surface area contributed by atoms with Crippen LogP contribution < -0.4 is 0 Å². The second-order valence-electron chi connectivity index (χ2n) is 6.88. The van der Waals surface area contributed by atoms with Crippen LogP contribution in [0.25, 0.3) is 17.1 Å². The van der Waals surface area contributed by atoms with E-state index >= 15 is 0 Å². The molecule has 0 N–H and O–H groups in total. The summed E-state index contributed by atoms with van der Waals surface area (Å²) in [6.45, 7) is 5.52. The molecule has 1 fully saturated rings. The zero-order valence-corrected chi connectivity index (χ0v) is 16.0. The molecule has 28 heavy (non-hydrogen) atoms. The van der Waals surface area contributed by atoms with E-state index in [0.717, 1.165) is 11.4 Å². The van der Waals surface area contributed by atoms with Crippen LogP contribution in [0.4, 0.5) is 0 Å². The molecule has 0 unspecified atom stereocenters. The maximum Gasteiger partial charge on any atom is 0.257 e. The number of benzene rings is 1. The summed E-state index contributed by atoms with van der Waals surface area (Å²) in [5, 5.41) is 4.63. The Kier molecular flexibility index (Phi) is 4.73. The second-order valence-corrected chi connectivity index (χ2v) is 6.88. The molecule has 2 amide bonds. The highest BCUT2D eigenvalue weighted by Crippen LogP contribution is 2.27. The van der Waals surface area contributed by atoms with Crippen LogP contribution in [0, 0.1) is 6.92 Å². The summed E-state index contributed by atoms with van der Waals surface area (Å²) in [5.41, 5.74) is 1.89. The number of hydrogen-bond acceptors (Lipinski definition) is 4. The molecule has 1 aliphatic rings. The molecular weight excluding hydrogens is 356 g/mol. The standard InChI is InChI=1S/C21H22N4O3/c1-15-8-9-19(28-15)20-18(14-25(22-20)17-6-4-3-5-7-17)21(27)24-12-10-23(11-13-24)16(2)26/h3-9,14H,10-13H2,1-2H3. The Morgan fingerprint density at radius 2 is 1.64 bits per heavy atom. The molecule has 1 aromatic carbocycles. The lowest BCUT2D eigenvalue weighted by atomic mass is 10.1. The van der Waals surface area contributed by atoms with Gasteiger partial charge in [0, 0.05) is 39.3 Å². The van der Waals surface area contributed by atoms with Crippen LogP contribution in [0.15, 0.2) is 53.1 Å². The third kappa shape index (κ3) is 3.43. The third-order valence-electron chi connectivity index (χ3n) is 4.95. The number of rotatable bonds is 3. The minimum Gasteiger partial charge on any atom is -0.460 e. The van der Waals surface area contributed by atoms with Gasteiger partial charge in [-0.05, 0) is 31.2 Å². The summed E-state index contributed by atoms with van der Waals surface area (Å²) in [6.07, 6.45) is 1.75. The van der Waals surface area contributed by atoms with Crippen molar-refractivity contribution in [2.45, 2.75) is 13.8 Å². The molecule has 2 aromatic heterocycles. The lowest BCUT2D eigenvalue weighted by Crippen LogP contribution is -2.50. The van der Waals surface area contributed by atoms with Crippen molar-refractivity contribution < 1.29 is 14.0 Å². The maximum atomic E-state index is 13.2. The SMILES string of the molecule is CC(=O)N1CCN(C(=O)c2cn(-c3ccccc3)nc2-c2ccc(C)o2)CC1. The van der Waals surface area contributed by atoms with Crippen LogP contribution in [0.3, 0.4) is 0 Å². The summed E-state index contributed by atoms with van der Waals surface area (Å²) in [4.78, 5) is 28.3. The first-order valence-electron chi connectivity index (χ1n) is 9.29. The molecule has 7 heteroatoms. The number of carbonyl (C=O) groups is 2. The maximum absolute atomic E-state index is 13.2. The van der Waals surface area contributed by atoms with Crippen LogP contribution in [0.5, 0.6) is 0 Å². The van der Waals surface area contributed by atoms with Gasteiger partial charge in [-0.15, -0.1) is 0 Å². The van der Waals surface area contributed by atoms with Gasteiger partial charge >= 0.3 is 0 Å². The zero-order chi connectivity index (χ0) is 19.7. The molecule has 0 atom stereocenters. The van der Waals surface area contributed by atoms with E-state index in [1.165, 1.54) is 0 Å². The van der Waals surface area contributed by atoms with Crippen LogP contribution in [-0.4, -0.2) is 57.6 Å². The van der Waals surface area contributed by atoms with Crippen molar-refractivity contribution in [3.63, 3.8) is 0 Å². The van der Waals surface area contributed by atoms with E-state index in [4.69, 9.17) is 4.42 Å². The summed E-state index contributed by atoms with van der Waals surface area (Å²) >= 11 is 0. The lowest BCUT2D eigenvalue weighted by Gasteiger charge is -2.34. The Morgan fingerprint density at radius 3 is 2.25 bits per heavy atom. The summed E-state index contributed by atoms with van der Waals surface area (Å²) in [5.74, 6) is 1.26. The molecule has 0 saturated carbocycles. The first kappa shape index (κ1) is 18.0. The molecule has 0 spiro atoms. The van der Waals surface area contributed by atoms with Gasteiger partial charge in [0.25, 0.3) is 5.91 Å². The van der Waals surface area contributed by atoms with Crippen LogP contribution >= 0.6 is 0 Å². The lowest BCUT2D eigenvalue weighted by molar-refractivity contribution is -0.130. The summed E-state index contributed by atoms with van der Waals surface area (Å²) in [7, 11) is 0. The monoisotopic (exact) mass is 378 g/mol. The third-order valence-corrected chi connectivity index (χ3v) is 4.95. The normalized spacial score (nSPS) is 14.4. The molecule has 1 saturated heterocycles. The highest BCUT2D eigenvalue weighted by Gasteiger charge is 2.28. The molecule has 7 nitrogen and oxygen atoms in total. The van der Waals surface area contributed by atoms with E-state index in [9.17, 15) is 9.59 Å². The topological polar surface area (TPSA) is 71.6 Å². The Balaban J connectivity index is 1.68. The van der Waals surface area contributed by atoms with E-state index < -0.39 is 0 Å².